The zero-order valence-corrected chi connectivity index (χ0v) is 10.7. The van der Waals surface area contributed by atoms with E-state index in [1.807, 2.05) is 6.92 Å². The molecular formula is C9H14N5O3P. The van der Waals surface area contributed by atoms with Gasteiger partial charge in [0.15, 0.2) is 19.8 Å². The number of nitrogens with zero attached hydrogens (tertiary/aromatic N) is 4. The number of nitrogens with two attached hydrogens (primary N) is 1. The molecule has 0 aliphatic carbocycles. The molecule has 98 valence electrons. The van der Waals surface area contributed by atoms with Crippen LogP contribution >= 0.6 is 8.38 Å². The number of hydrogen-bond acceptors (Lipinski definition) is 7. The van der Waals surface area contributed by atoms with Crippen LogP contribution in [0.15, 0.2) is 12.7 Å². The Morgan fingerprint density at radius 1 is 1.44 bits per heavy atom. The first kappa shape index (κ1) is 13.1. The summed E-state index contributed by atoms with van der Waals surface area (Å²) in [6.07, 6.45) is 2.72. The molecule has 0 radical (unpaired) electrons. The Labute approximate surface area is 104 Å². The SMILES string of the molecule is C[C@H](Cn1cnc2c(N)ncnc21)OCP(O)O. The second kappa shape index (κ2) is 5.53. The number of rotatable bonds is 5. The second-order valence-electron chi connectivity index (χ2n) is 3.81. The van der Waals surface area contributed by atoms with Crippen molar-refractivity contribution in [1.29, 1.82) is 0 Å². The lowest BCUT2D eigenvalue weighted by Gasteiger charge is -2.14. The summed E-state index contributed by atoms with van der Waals surface area (Å²) in [5.74, 6) is 0.335. The van der Waals surface area contributed by atoms with Crippen LogP contribution in [-0.2, 0) is 11.3 Å². The summed E-state index contributed by atoms with van der Waals surface area (Å²) >= 11 is 0. The Morgan fingerprint density at radius 3 is 2.94 bits per heavy atom. The molecule has 0 aliphatic rings. The van der Waals surface area contributed by atoms with E-state index < -0.39 is 8.38 Å². The minimum Gasteiger partial charge on any atom is -0.382 e. The lowest BCUT2D eigenvalue weighted by Crippen LogP contribution is -2.16. The number of imidazole rings is 1. The first-order chi connectivity index (χ1) is 8.58. The third-order valence-corrected chi connectivity index (χ3v) is 2.74. The van der Waals surface area contributed by atoms with Gasteiger partial charge in [0.2, 0.25) is 0 Å². The van der Waals surface area contributed by atoms with Crippen LogP contribution in [0.5, 0.6) is 0 Å². The number of ether oxygens (including phenoxy) is 1. The van der Waals surface area contributed by atoms with Crippen molar-refractivity contribution < 1.29 is 14.5 Å². The Bertz CT molecular complexity index is 532. The van der Waals surface area contributed by atoms with Gasteiger partial charge in [0.25, 0.3) is 0 Å². The standard InChI is InChI=1S/C9H14N5O3P/c1-6(17-5-18(15)16)2-14-4-13-7-8(10)11-3-12-9(7)14/h3-4,6,15-16H,2,5H2,1H3,(H2,10,11,12)/t6-/m1/s1. The fourth-order valence-electron chi connectivity index (χ4n) is 1.56. The number of fused-ring (bicyclic) bond motifs is 1. The van der Waals surface area contributed by atoms with Gasteiger partial charge < -0.3 is 24.8 Å². The summed E-state index contributed by atoms with van der Waals surface area (Å²) in [4.78, 5) is 29.6. The van der Waals surface area contributed by atoms with Crippen LogP contribution in [0.1, 0.15) is 6.92 Å². The molecule has 2 heterocycles. The molecule has 0 aliphatic heterocycles. The largest absolute Gasteiger partial charge is 0.382 e. The molecule has 9 heteroatoms. The normalized spacial score (nSPS) is 13.3. The minimum atomic E-state index is -2.03. The topological polar surface area (TPSA) is 119 Å². The monoisotopic (exact) mass is 271 g/mol. The second-order valence-corrected chi connectivity index (χ2v) is 4.81. The molecule has 0 amide bonds. The van der Waals surface area contributed by atoms with Gasteiger partial charge in [0, 0.05) is 0 Å². The van der Waals surface area contributed by atoms with E-state index in [1.54, 1.807) is 10.9 Å². The van der Waals surface area contributed by atoms with Gasteiger partial charge in [0.05, 0.1) is 19.0 Å². The van der Waals surface area contributed by atoms with E-state index >= 15 is 0 Å². The van der Waals surface area contributed by atoms with E-state index in [0.29, 0.717) is 23.5 Å². The molecule has 2 aromatic rings. The highest BCUT2D eigenvalue weighted by Crippen LogP contribution is 2.23. The molecule has 2 rings (SSSR count). The Balaban J connectivity index is 2.10. The molecule has 2 aromatic heterocycles. The van der Waals surface area contributed by atoms with Crippen molar-refractivity contribution in [2.24, 2.45) is 0 Å². The lowest BCUT2D eigenvalue weighted by atomic mass is 10.4. The Morgan fingerprint density at radius 2 is 2.22 bits per heavy atom. The molecule has 0 aromatic carbocycles. The molecule has 0 spiro atoms. The predicted molar refractivity (Wildman–Crippen MR) is 66.5 cm³/mol. The van der Waals surface area contributed by atoms with Crippen LogP contribution < -0.4 is 5.73 Å². The van der Waals surface area contributed by atoms with E-state index in [9.17, 15) is 0 Å². The first-order valence-electron chi connectivity index (χ1n) is 5.26. The summed E-state index contributed by atoms with van der Waals surface area (Å²) in [5.41, 5.74) is 6.86. The van der Waals surface area contributed by atoms with Crippen molar-refractivity contribution in [2.45, 2.75) is 19.6 Å². The van der Waals surface area contributed by atoms with Crippen LogP contribution in [0.25, 0.3) is 11.2 Å². The molecule has 0 bridgehead atoms. The predicted octanol–water partition coefficient (Wildman–Crippen LogP) is 0.0676. The number of anilines is 1. The van der Waals surface area contributed by atoms with Crippen molar-refractivity contribution in [1.82, 2.24) is 19.5 Å². The summed E-state index contributed by atoms with van der Waals surface area (Å²) in [6.45, 7) is 2.32. The average Bonchev–Trinajstić information content (AvgIpc) is 2.72. The fraction of sp³-hybridized carbons (Fsp3) is 0.444. The number of nitrogen functional groups attached to an aromatic ring is 1. The van der Waals surface area contributed by atoms with Crippen molar-refractivity contribution >= 4 is 25.4 Å². The summed E-state index contributed by atoms with van der Waals surface area (Å²) in [7, 11) is -2.03. The van der Waals surface area contributed by atoms with Gasteiger partial charge in [-0.1, -0.05) is 0 Å². The molecule has 0 saturated heterocycles. The zero-order valence-electron chi connectivity index (χ0n) is 9.76. The Hall–Kier alpha value is -1.34. The molecule has 4 N–H and O–H groups in total. The van der Waals surface area contributed by atoms with Gasteiger partial charge in [-0.2, -0.15) is 0 Å². The third-order valence-electron chi connectivity index (χ3n) is 2.36. The van der Waals surface area contributed by atoms with Crippen LogP contribution in [-0.4, -0.2) is 41.8 Å². The van der Waals surface area contributed by atoms with Gasteiger partial charge in [-0.05, 0) is 6.92 Å². The van der Waals surface area contributed by atoms with Crippen LogP contribution in [0.2, 0.25) is 0 Å². The lowest BCUT2D eigenvalue weighted by molar-refractivity contribution is 0.0822. The van der Waals surface area contributed by atoms with Crippen molar-refractivity contribution in [2.75, 3.05) is 12.1 Å². The fourth-order valence-corrected chi connectivity index (χ4v) is 1.94. The van der Waals surface area contributed by atoms with Gasteiger partial charge in [-0.3, -0.25) is 0 Å². The maximum absolute atomic E-state index is 8.77. The van der Waals surface area contributed by atoms with E-state index in [-0.39, 0.29) is 12.5 Å². The maximum atomic E-state index is 8.77. The van der Waals surface area contributed by atoms with Crippen molar-refractivity contribution in [3.8, 4) is 0 Å². The van der Waals surface area contributed by atoms with Crippen molar-refractivity contribution in [3.05, 3.63) is 12.7 Å². The molecule has 8 nitrogen and oxygen atoms in total. The smallest absolute Gasteiger partial charge is 0.192 e. The first-order valence-corrected chi connectivity index (χ1v) is 6.69. The molecule has 18 heavy (non-hydrogen) atoms. The molecular weight excluding hydrogens is 257 g/mol. The molecule has 0 fully saturated rings. The van der Waals surface area contributed by atoms with E-state index in [2.05, 4.69) is 15.0 Å². The zero-order chi connectivity index (χ0) is 13.1. The number of aromatic nitrogens is 4. The molecule has 0 saturated carbocycles. The van der Waals surface area contributed by atoms with E-state index in [4.69, 9.17) is 20.3 Å². The molecule has 0 unspecified atom stereocenters. The quantitative estimate of drug-likeness (QED) is 0.658. The average molecular weight is 271 g/mol. The highest BCUT2D eigenvalue weighted by Gasteiger charge is 2.11. The highest BCUT2D eigenvalue weighted by molar-refractivity contribution is 7.44. The van der Waals surface area contributed by atoms with Crippen LogP contribution in [0.3, 0.4) is 0 Å². The van der Waals surface area contributed by atoms with Crippen molar-refractivity contribution in [3.63, 3.8) is 0 Å². The summed E-state index contributed by atoms with van der Waals surface area (Å²) in [5, 5.41) is 0. The van der Waals surface area contributed by atoms with Gasteiger partial charge >= 0.3 is 0 Å². The Kier molecular flexibility index (Phi) is 4.03. The summed E-state index contributed by atoms with van der Waals surface area (Å²) < 4.78 is 7.05. The maximum Gasteiger partial charge on any atom is 0.192 e. The third kappa shape index (κ3) is 2.91. The highest BCUT2D eigenvalue weighted by atomic mass is 31.2. The molecule has 1 atom stereocenters. The van der Waals surface area contributed by atoms with Crippen LogP contribution in [0, 0.1) is 0 Å². The van der Waals surface area contributed by atoms with E-state index in [1.165, 1.54) is 6.33 Å². The van der Waals surface area contributed by atoms with Gasteiger partial charge in [0.1, 0.15) is 18.2 Å². The summed E-state index contributed by atoms with van der Waals surface area (Å²) in [6, 6.07) is 0. The van der Waals surface area contributed by atoms with Crippen LogP contribution in [0.4, 0.5) is 5.82 Å². The van der Waals surface area contributed by atoms with Gasteiger partial charge in [-0.25, -0.2) is 15.0 Å². The minimum absolute atomic E-state index is 0.0692. The van der Waals surface area contributed by atoms with Gasteiger partial charge in [-0.15, -0.1) is 0 Å². The number of hydrogen-bond donors (Lipinski definition) is 3. The van der Waals surface area contributed by atoms with E-state index in [0.717, 1.165) is 0 Å².